The molecule has 0 aliphatic heterocycles. The van der Waals surface area contributed by atoms with Crippen LogP contribution in [0.4, 0.5) is 0 Å². The lowest BCUT2D eigenvalue weighted by atomic mass is 10.1. The van der Waals surface area contributed by atoms with Crippen molar-refractivity contribution < 1.29 is 13.5 Å². The molecule has 0 atom stereocenters. The van der Waals surface area contributed by atoms with Crippen molar-refractivity contribution in [1.29, 1.82) is 0 Å². The number of nitrogens with one attached hydrogen (secondary N) is 2. The molecular weight excluding hydrogens is 266 g/mol. The Hall–Kier alpha value is -1.70. The monoisotopic (exact) mass is 281 g/mol. The van der Waals surface area contributed by atoms with Gasteiger partial charge in [0.05, 0.1) is 12.8 Å². The zero-order valence-corrected chi connectivity index (χ0v) is 11.2. The van der Waals surface area contributed by atoms with Crippen LogP contribution in [-0.2, 0) is 23.2 Å². The summed E-state index contributed by atoms with van der Waals surface area (Å²) in [6, 6.07) is 7.05. The summed E-state index contributed by atoms with van der Waals surface area (Å²) in [5, 5.41) is 8.97. The fourth-order valence-corrected chi connectivity index (χ4v) is 2.54. The molecule has 0 aliphatic rings. The third kappa shape index (κ3) is 3.40. The van der Waals surface area contributed by atoms with E-state index in [-0.39, 0.29) is 18.2 Å². The molecule has 0 amide bonds. The van der Waals surface area contributed by atoms with Gasteiger partial charge < -0.3 is 10.1 Å². The summed E-state index contributed by atoms with van der Waals surface area (Å²) in [6.45, 7) is 1.85. The number of imidazole rings is 1. The summed E-state index contributed by atoms with van der Waals surface area (Å²) >= 11 is 0. The van der Waals surface area contributed by atoms with Gasteiger partial charge in [0.1, 0.15) is 5.82 Å². The highest BCUT2D eigenvalue weighted by atomic mass is 32.2. The summed E-state index contributed by atoms with van der Waals surface area (Å²) in [5.41, 5.74) is 1.60. The number of aliphatic hydroxyl groups is 1. The highest BCUT2D eigenvalue weighted by Gasteiger charge is 2.15. The van der Waals surface area contributed by atoms with E-state index in [0.717, 1.165) is 11.1 Å². The third-order valence-corrected chi connectivity index (χ3v) is 3.95. The molecule has 0 unspecified atom stereocenters. The maximum absolute atomic E-state index is 11.9. The highest BCUT2D eigenvalue weighted by molar-refractivity contribution is 7.89. The van der Waals surface area contributed by atoms with Crippen molar-refractivity contribution in [3.05, 3.63) is 47.4 Å². The number of rotatable bonds is 5. The molecule has 102 valence electrons. The van der Waals surface area contributed by atoms with Crippen molar-refractivity contribution in [2.24, 2.45) is 0 Å². The van der Waals surface area contributed by atoms with Crippen LogP contribution in [0.15, 0.2) is 35.5 Å². The maximum Gasteiger partial charge on any atom is 0.257 e. The molecule has 1 aromatic carbocycles. The fraction of sp³-hybridized carbons (Fsp3) is 0.250. The minimum Gasteiger partial charge on any atom is -0.392 e. The first-order valence-corrected chi connectivity index (χ1v) is 7.19. The van der Waals surface area contributed by atoms with Gasteiger partial charge in [-0.1, -0.05) is 24.3 Å². The lowest BCUT2D eigenvalue weighted by Gasteiger charge is -2.05. The van der Waals surface area contributed by atoms with Gasteiger partial charge in [-0.05, 0) is 18.1 Å². The quantitative estimate of drug-likeness (QED) is 0.751. The van der Waals surface area contributed by atoms with E-state index < -0.39 is 10.0 Å². The summed E-state index contributed by atoms with van der Waals surface area (Å²) in [5.74, 6) is 0.549. The second-order valence-electron chi connectivity index (χ2n) is 4.13. The first-order chi connectivity index (χ1) is 9.01. The van der Waals surface area contributed by atoms with Crippen LogP contribution in [0.5, 0.6) is 0 Å². The zero-order chi connectivity index (χ0) is 13.9. The number of hydrogen-bond acceptors (Lipinski definition) is 4. The predicted octanol–water partition coefficient (Wildman–Crippen LogP) is 0.689. The Kier molecular flexibility index (Phi) is 3.98. The molecule has 0 saturated carbocycles. The number of aryl methyl sites for hydroxylation is 1. The van der Waals surface area contributed by atoms with E-state index in [1.165, 1.54) is 6.20 Å². The van der Waals surface area contributed by atoms with Crippen LogP contribution < -0.4 is 4.72 Å². The average Bonchev–Trinajstić information content (AvgIpc) is 2.85. The molecule has 3 N–H and O–H groups in total. The largest absolute Gasteiger partial charge is 0.392 e. The van der Waals surface area contributed by atoms with Crippen LogP contribution >= 0.6 is 0 Å². The third-order valence-electron chi connectivity index (χ3n) is 2.64. The number of H-pyrrole nitrogens is 1. The summed E-state index contributed by atoms with van der Waals surface area (Å²) in [7, 11) is -3.57. The van der Waals surface area contributed by atoms with Crippen LogP contribution in [0.25, 0.3) is 0 Å². The van der Waals surface area contributed by atoms with Gasteiger partial charge >= 0.3 is 0 Å². The molecule has 0 spiro atoms. The molecule has 0 saturated heterocycles. The average molecular weight is 281 g/mol. The second-order valence-corrected chi connectivity index (χ2v) is 5.87. The zero-order valence-electron chi connectivity index (χ0n) is 10.4. The van der Waals surface area contributed by atoms with Crippen LogP contribution in [-0.4, -0.2) is 23.5 Å². The maximum atomic E-state index is 11.9. The topological polar surface area (TPSA) is 95.1 Å². The van der Waals surface area contributed by atoms with Crippen molar-refractivity contribution in [3.8, 4) is 0 Å². The predicted molar refractivity (Wildman–Crippen MR) is 69.7 cm³/mol. The minimum absolute atomic E-state index is 0.0283. The molecule has 6 nitrogen and oxygen atoms in total. The van der Waals surface area contributed by atoms with Crippen LogP contribution in [0.2, 0.25) is 0 Å². The first kappa shape index (κ1) is 13.7. The highest BCUT2D eigenvalue weighted by Crippen LogP contribution is 2.08. The molecule has 7 heteroatoms. The van der Waals surface area contributed by atoms with Crippen molar-refractivity contribution in [1.82, 2.24) is 14.7 Å². The Labute approximate surface area is 111 Å². The van der Waals surface area contributed by atoms with Gasteiger partial charge in [0.15, 0.2) is 5.03 Å². The first-order valence-electron chi connectivity index (χ1n) is 5.71. The van der Waals surface area contributed by atoms with Gasteiger partial charge in [0, 0.05) is 6.54 Å². The van der Waals surface area contributed by atoms with Crippen LogP contribution in [0, 0.1) is 6.92 Å². The Bertz CT molecular complexity index is 647. The molecule has 2 rings (SSSR count). The number of benzene rings is 1. The van der Waals surface area contributed by atoms with Gasteiger partial charge in [0.2, 0.25) is 0 Å². The number of nitrogens with zero attached hydrogens (tertiary/aromatic N) is 1. The van der Waals surface area contributed by atoms with Gasteiger partial charge in [-0.2, -0.15) is 0 Å². The van der Waals surface area contributed by atoms with Gasteiger partial charge in [-0.3, -0.25) is 0 Å². The van der Waals surface area contributed by atoms with E-state index in [0.29, 0.717) is 5.82 Å². The Morgan fingerprint density at radius 3 is 2.42 bits per heavy atom. The minimum atomic E-state index is -3.57. The van der Waals surface area contributed by atoms with Gasteiger partial charge in [-0.15, -0.1) is 0 Å². The van der Waals surface area contributed by atoms with E-state index >= 15 is 0 Å². The Morgan fingerprint density at radius 2 is 1.89 bits per heavy atom. The number of hydrogen-bond donors (Lipinski definition) is 3. The smallest absolute Gasteiger partial charge is 0.257 e. The molecule has 19 heavy (non-hydrogen) atoms. The summed E-state index contributed by atoms with van der Waals surface area (Å²) in [4.78, 5) is 6.53. The van der Waals surface area contributed by atoms with E-state index in [9.17, 15) is 8.42 Å². The summed E-state index contributed by atoms with van der Waals surface area (Å²) in [6.07, 6.45) is 1.28. The Morgan fingerprint density at radius 1 is 1.26 bits per heavy atom. The number of aromatic amines is 1. The normalized spacial score (nSPS) is 11.7. The van der Waals surface area contributed by atoms with E-state index in [1.807, 2.05) is 0 Å². The Balaban J connectivity index is 2.05. The number of aromatic nitrogens is 2. The fourth-order valence-electron chi connectivity index (χ4n) is 1.55. The van der Waals surface area contributed by atoms with Crippen molar-refractivity contribution in [2.75, 3.05) is 0 Å². The SMILES string of the molecule is Cc1ncc(S(=O)(=O)NCc2ccc(CO)cc2)[nH]1. The van der Waals surface area contributed by atoms with Crippen molar-refractivity contribution in [2.45, 2.75) is 25.1 Å². The molecule has 0 aliphatic carbocycles. The van der Waals surface area contributed by atoms with E-state index in [2.05, 4.69) is 14.7 Å². The van der Waals surface area contributed by atoms with Crippen LogP contribution in [0.1, 0.15) is 17.0 Å². The second kappa shape index (κ2) is 5.52. The lowest BCUT2D eigenvalue weighted by molar-refractivity contribution is 0.282. The van der Waals surface area contributed by atoms with E-state index in [4.69, 9.17) is 5.11 Å². The van der Waals surface area contributed by atoms with Crippen LogP contribution in [0.3, 0.4) is 0 Å². The molecule has 1 heterocycles. The van der Waals surface area contributed by atoms with Crippen molar-refractivity contribution >= 4 is 10.0 Å². The molecule has 2 aromatic rings. The van der Waals surface area contributed by atoms with Crippen molar-refractivity contribution in [3.63, 3.8) is 0 Å². The molecular formula is C12H15N3O3S. The van der Waals surface area contributed by atoms with Gasteiger partial charge in [-0.25, -0.2) is 18.1 Å². The number of sulfonamides is 1. The lowest BCUT2D eigenvalue weighted by Crippen LogP contribution is -2.23. The van der Waals surface area contributed by atoms with Gasteiger partial charge in [0.25, 0.3) is 10.0 Å². The van der Waals surface area contributed by atoms with E-state index in [1.54, 1.807) is 31.2 Å². The summed E-state index contributed by atoms with van der Waals surface area (Å²) < 4.78 is 26.3. The molecule has 0 fully saturated rings. The standard InChI is InChI=1S/C12H15N3O3S/c1-9-13-7-12(15-9)19(17,18)14-6-10-2-4-11(8-16)5-3-10/h2-5,7,14,16H,6,8H2,1H3,(H,13,15). The molecule has 1 aromatic heterocycles. The molecule has 0 radical (unpaired) electrons. The number of aliphatic hydroxyl groups excluding tert-OH is 1. The molecule has 0 bridgehead atoms.